The number of ether oxygens (including phenoxy) is 1. The number of alkyl halides is 1. The number of H-pyrrole nitrogens is 1. The van der Waals surface area contributed by atoms with Crippen LogP contribution in [0.2, 0.25) is 0 Å². The van der Waals surface area contributed by atoms with Crippen molar-refractivity contribution in [2.75, 3.05) is 4.43 Å². The standard InChI is InChI=1S/C9H11IN2O5/c10-3-4-6(14)7(15)8(17-4)12-2-1-5(13)11-9(12)16/h1-2,4,6-8,14-15H,3H2,(H,11,13,16)/t4?,6?,7-,8?/m0/s1. The van der Waals surface area contributed by atoms with Crippen LogP contribution in [0, 0.1) is 0 Å². The predicted molar refractivity (Wildman–Crippen MR) is 66.1 cm³/mol. The molecule has 0 aliphatic carbocycles. The highest BCUT2D eigenvalue weighted by atomic mass is 127. The summed E-state index contributed by atoms with van der Waals surface area (Å²) in [4.78, 5) is 24.5. The lowest BCUT2D eigenvalue weighted by molar-refractivity contribution is -0.0335. The van der Waals surface area contributed by atoms with Gasteiger partial charge in [-0.15, -0.1) is 0 Å². The maximum Gasteiger partial charge on any atom is 0.330 e. The van der Waals surface area contributed by atoms with E-state index < -0.39 is 35.8 Å². The zero-order valence-electron chi connectivity index (χ0n) is 8.62. The zero-order valence-corrected chi connectivity index (χ0v) is 10.8. The summed E-state index contributed by atoms with van der Waals surface area (Å²) in [5, 5.41) is 19.4. The van der Waals surface area contributed by atoms with Crippen molar-refractivity contribution in [2.24, 2.45) is 0 Å². The lowest BCUT2D eigenvalue weighted by Crippen LogP contribution is -2.37. The first-order valence-electron chi connectivity index (χ1n) is 4.93. The second kappa shape index (κ2) is 4.88. The molecule has 1 aliphatic heterocycles. The molecular weight excluding hydrogens is 343 g/mol. The number of aliphatic hydroxyl groups is 2. The number of hydrogen-bond acceptors (Lipinski definition) is 5. The van der Waals surface area contributed by atoms with Gasteiger partial charge in [-0.25, -0.2) is 4.79 Å². The molecule has 8 heteroatoms. The van der Waals surface area contributed by atoms with E-state index in [0.717, 1.165) is 10.6 Å². The molecular formula is C9H11IN2O5. The average Bonchev–Trinajstić information content (AvgIpc) is 2.57. The molecule has 0 amide bonds. The Kier molecular flexibility index (Phi) is 3.66. The minimum atomic E-state index is -1.20. The number of hydrogen-bond donors (Lipinski definition) is 3. The molecule has 1 aliphatic rings. The lowest BCUT2D eigenvalue weighted by atomic mass is 10.1. The Hall–Kier alpha value is -0.710. The molecule has 3 unspecified atom stereocenters. The number of nitrogens with one attached hydrogen (secondary N) is 1. The third-order valence-electron chi connectivity index (χ3n) is 2.61. The van der Waals surface area contributed by atoms with E-state index in [9.17, 15) is 19.8 Å². The molecule has 0 aromatic carbocycles. The van der Waals surface area contributed by atoms with Crippen molar-refractivity contribution in [3.63, 3.8) is 0 Å². The van der Waals surface area contributed by atoms with Gasteiger partial charge in [0.25, 0.3) is 5.56 Å². The van der Waals surface area contributed by atoms with Gasteiger partial charge in [0.15, 0.2) is 6.23 Å². The zero-order chi connectivity index (χ0) is 12.6. The summed E-state index contributed by atoms with van der Waals surface area (Å²) < 4.78 is 6.92. The second-order valence-electron chi connectivity index (χ2n) is 3.72. The van der Waals surface area contributed by atoms with Gasteiger partial charge in [-0.1, -0.05) is 22.6 Å². The van der Waals surface area contributed by atoms with Gasteiger partial charge in [0.1, 0.15) is 12.2 Å². The van der Waals surface area contributed by atoms with Crippen LogP contribution >= 0.6 is 22.6 Å². The van der Waals surface area contributed by atoms with E-state index in [1.54, 1.807) is 0 Å². The Morgan fingerprint density at radius 2 is 2.12 bits per heavy atom. The molecule has 0 radical (unpaired) electrons. The fourth-order valence-corrected chi connectivity index (χ4v) is 2.44. The first-order chi connectivity index (χ1) is 8.04. The van der Waals surface area contributed by atoms with Crippen molar-refractivity contribution in [3.05, 3.63) is 33.1 Å². The minimum Gasteiger partial charge on any atom is -0.387 e. The molecule has 1 fully saturated rings. The van der Waals surface area contributed by atoms with E-state index in [2.05, 4.69) is 4.98 Å². The summed E-state index contributed by atoms with van der Waals surface area (Å²) in [6, 6.07) is 1.15. The van der Waals surface area contributed by atoms with Crippen LogP contribution < -0.4 is 11.2 Å². The highest BCUT2D eigenvalue weighted by Gasteiger charge is 2.43. The van der Waals surface area contributed by atoms with E-state index in [-0.39, 0.29) is 0 Å². The predicted octanol–water partition coefficient (Wildman–Crippen LogP) is -1.41. The monoisotopic (exact) mass is 354 g/mol. The molecule has 94 valence electrons. The van der Waals surface area contributed by atoms with Crippen molar-refractivity contribution in [2.45, 2.75) is 24.5 Å². The molecule has 7 nitrogen and oxygen atoms in total. The Morgan fingerprint density at radius 3 is 2.65 bits per heavy atom. The number of nitrogens with zero attached hydrogens (tertiary/aromatic N) is 1. The summed E-state index contributed by atoms with van der Waals surface area (Å²) in [6.45, 7) is 0. The van der Waals surface area contributed by atoms with E-state index in [0.29, 0.717) is 4.43 Å². The van der Waals surface area contributed by atoms with Crippen LogP contribution in [0.3, 0.4) is 0 Å². The van der Waals surface area contributed by atoms with Crippen LogP contribution in [-0.2, 0) is 4.74 Å². The summed E-state index contributed by atoms with van der Waals surface area (Å²) >= 11 is 2.02. The van der Waals surface area contributed by atoms with Crippen molar-refractivity contribution in [1.29, 1.82) is 0 Å². The lowest BCUT2D eigenvalue weighted by Gasteiger charge is -2.16. The third kappa shape index (κ3) is 2.30. The van der Waals surface area contributed by atoms with Gasteiger partial charge in [-0.05, 0) is 0 Å². The fraction of sp³-hybridized carbons (Fsp3) is 0.556. The minimum absolute atomic E-state index is 0.491. The van der Waals surface area contributed by atoms with Crippen molar-refractivity contribution in [3.8, 4) is 0 Å². The van der Waals surface area contributed by atoms with Crippen LogP contribution in [0.15, 0.2) is 21.9 Å². The van der Waals surface area contributed by atoms with Crippen LogP contribution in [0.25, 0.3) is 0 Å². The second-order valence-corrected chi connectivity index (χ2v) is 4.60. The maximum atomic E-state index is 11.5. The molecule has 2 heterocycles. The highest BCUT2D eigenvalue weighted by molar-refractivity contribution is 14.1. The molecule has 0 bridgehead atoms. The molecule has 3 N–H and O–H groups in total. The van der Waals surface area contributed by atoms with Gasteiger partial charge in [-0.2, -0.15) is 0 Å². The van der Waals surface area contributed by atoms with E-state index >= 15 is 0 Å². The summed E-state index contributed by atoms with van der Waals surface area (Å²) in [7, 11) is 0. The Labute approximate surface area is 109 Å². The topological polar surface area (TPSA) is 105 Å². The largest absolute Gasteiger partial charge is 0.387 e. The van der Waals surface area contributed by atoms with Crippen LogP contribution in [-0.4, -0.2) is 42.5 Å². The Balaban J connectivity index is 2.35. The molecule has 2 rings (SSSR count). The first-order valence-corrected chi connectivity index (χ1v) is 6.46. The van der Waals surface area contributed by atoms with E-state index in [4.69, 9.17) is 4.74 Å². The number of rotatable bonds is 2. The molecule has 0 saturated carbocycles. The molecule has 1 saturated heterocycles. The Morgan fingerprint density at radius 1 is 1.41 bits per heavy atom. The van der Waals surface area contributed by atoms with Crippen molar-refractivity contribution < 1.29 is 14.9 Å². The fourth-order valence-electron chi connectivity index (χ4n) is 1.71. The molecule has 1 aromatic rings. The van der Waals surface area contributed by atoms with Gasteiger partial charge in [-0.3, -0.25) is 14.3 Å². The maximum absolute atomic E-state index is 11.5. The quantitative estimate of drug-likeness (QED) is 0.447. The molecule has 0 spiro atoms. The van der Waals surface area contributed by atoms with E-state index in [1.807, 2.05) is 22.6 Å². The SMILES string of the molecule is O=c1ccn(C2OC(CI)C(O)[C@@H]2O)c(=O)[nH]1. The number of halogens is 1. The molecule has 17 heavy (non-hydrogen) atoms. The van der Waals surface area contributed by atoms with Gasteiger partial charge < -0.3 is 14.9 Å². The smallest absolute Gasteiger partial charge is 0.330 e. The van der Waals surface area contributed by atoms with Crippen molar-refractivity contribution >= 4 is 22.6 Å². The Bertz CT molecular complexity index is 513. The van der Waals surface area contributed by atoms with Gasteiger partial charge >= 0.3 is 5.69 Å². The van der Waals surface area contributed by atoms with Gasteiger partial charge in [0.05, 0.1) is 6.10 Å². The first kappa shape index (κ1) is 12.7. The summed E-state index contributed by atoms with van der Waals surface area (Å²) in [6.07, 6.45) is -2.52. The van der Waals surface area contributed by atoms with Gasteiger partial charge in [0, 0.05) is 16.7 Å². The van der Waals surface area contributed by atoms with Crippen LogP contribution in [0.4, 0.5) is 0 Å². The summed E-state index contributed by atoms with van der Waals surface area (Å²) in [5.41, 5.74) is -1.20. The van der Waals surface area contributed by atoms with Crippen LogP contribution in [0.1, 0.15) is 6.23 Å². The molecule has 4 atom stereocenters. The third-order valence-corrected chi connectivity index (χ3v) is 3.48. The average molecular weight is 354 g/mol. The number of aromatic amines is 1. The van der Waals surface area contributed by atoms with Crippen molar-refractivity contribution in [1.82, 2.24) is 9.55 Å². The van der Waals surface area contributed by atoms with Gasteiger partial charge in [0.2, 0.25) is 0 Å². The number of aromatic nitrogens is 2. The number of aliphatic hydroxyl groups excluding tert-OH is 2. The highest BCUT2D eigenvalue weighted by Crippen LogP contribution is 2.28. The molecule has 1 aromatic heterocycles. The van der Waals surface area contributed by atoms with E-state index in [1.165, 1.54) is 6.20 Å². The van der Waals surface area contributed by atoms with Crippen LogP contribution in [0.5, 0.6) is 0 Å². The normalized spacial score (nSPS) is 32.9. The summed E-state index contributed by atoms with van der Waals surface area (Å²) in [5.74, 6) is 0.